The summed E-state index contributed by atoms with van der Waals surface area (Å²) in [5.41, 5.74) is 1.03. The molecular formula is C15H19NO2. The maximum absolute atomic E-state index is 12.4. The summed E-state index contributed by atoms with van der Waals surface area (Å²) in [6, 6.07) is 9.79. The molecule has 1 fully saturated rings. The van der Waals surface area contributed by atoms with Gasteiger partial charge in [-0.2, -0.15) is 0 Å². The fraction of sp³-hybridized carbons (Fsp3) is 0.467. The molecule has 1 saturated heterocycles. The molecule has 0 bridgehead atoms. The summed E-state index contributed by atoms with van der Waals surface area (Å²) < 4.78 is 0. The Hall–Kier alpha value is -1.64. The summed E-state index contributed by atoms with van der Waals surface area (Å²) in [6.07, 6.45) is 0.494. The Balaban J connectivity index is 2.06. The zero-order valence-electron chi connectivity index (χ0n) is 10.9. The minimum atomic E-state index is -0.133. The molecule has 1 aromatic rings. The monoisotopic (exact) mass is 245 g/mol. The van der Waals surface area contributed by atoms with Crippen LogP contribution in [0.25, 0.3) is 0 Å². The molecule has 0 aliphatic carbocycles. The number of Topliss-reactive ketones (excluding diaryl/α,β-unsaturated/α-hetero) is 1. The van der Waals surface area contributed by atoms with Gasteiger partial charge in [0.25, 0.3) is 0 Å². The van der Waals surface area contributed by atoms with Crippen LogP contribution in [-0.4, -0.2) is 29.7 Å². The molecule has 0 radical (unpaired) electrons. The van der Waals surface area contributed by atoms with E-state index in [1.54, 1.807) is 0 Å². The number of amides is 1. The Morgan fingerprint density at radius 3 is 2.61 bits per heavy atom. The minimum Gasteiger partial charge on any atom is -0.341 e. The van der Waals surface area contributed by atoms with Crippen molar-refractivity contribution >= 4 is 11.7 Å². The molecule has 96 valence electrons. The first-order valence-electron chi connectivity index (χ1n) is 6.46. The van der Waals surface area contributed by atoms with Crippen LogP contribution in [0.3, 0.4) is 0 Å². The van der Waals surface area contributed by atoms with E-state index in [4.69, 9.17) is 0 Å². The van der Waals surface area contributed by atoms with Crippen LogP contribution < -0.4 is 0 Å². The van der Waals surface area contributed by atoms with Gasteiger partial charge in [0.2, 0.25) is 5.91 Å². The molecule has 0 saturated carbocycles. The van der Waals surface area contributed by atoms with Crippen molar-refractivity contribution in [1.29, 1.82) is 0 Å². The highest BCUT2D eigenvalue weighted by molar-refractivity contribution is 5.87. The molecule has 0 aromatic heterocycles. The Bertz CT molecular complexity index is 441. The molecule has 1 aromatic carbocycles. The molecule has 2 rings (SSSR count). The van der Waals surface area contributed by atoms with Crippen molar-refractivity contribution in [3.63, 3.8) is 0 Å². The number of hydrogen-bond donors (Lipinski definition) is 0. The van der Waals surface area contributed by atoms with Crippen LogP contribution in [0.5, 0.6) is 0 Å². The maximum Gasteiger partial charge on any atom is 0.229 e. The normalized spacial score (nSPS) is 21.8. The number of nitrogens with zero attached hydrogens (tertiary/aromatic N) is 1. The third kappa shape index (κ3) is 2.61. The summed E-state index contributed by atoms with van der Waals surface area (Å²) >= 11 is 0. The van der Waals surface area contributed by atoms with Crippen LogP contribution in [0.4, 0.5) is 0 Å². The zero-order chi connectivity index (χ0) is 13.1. The average molecular weight is 245 g/mol. The van der Waals surface area contributed by atoms with Gasteiger partial charge in [-0.3, -0.25) is 9.59 Å². The summed E-state index contributed by atoms with van der Waals surface area (Å²) in [4.78, 5) is 25.7. The number of piperidine rings is 1. The van der Waals surface area contributed by atoms with Crippen LogP contribution in [0.2, 0.25) is 0 Å². The molecule has 1 amide bonds. The van der Waals surface area contributed by atoms with Gasteiger partial charge in [-0.15, -0.1) is 0 Å². The van der Waals surface area contributed by atoms with E-state index in [1.807, 2.05) is 49.1 Å². The smallest absolute Gasteiger partial charge is 0.229 e. The van der Waals surface area contributed by atoms with Gasteiger partial charge in [0, 0.05) is 25.4 Å². The molecule has 0 spiro atoms. The molecular weight excluding hydrogens is 226 g/mol. The lowest BCUT2D eigenvalue weighted by molar-refractivity contribution is -0.137. The van der Waals surface area contributed by atoms with Crippen molar-refractivity contribution in [2.45, 2.75) is 26.2 Å². The summed E-state index contributed by atoms with van der Waals surface area (Å²) in [5, 5.41) is 0. The van der Waals surface area contributed by atoms with E-state index in [1.165, 1.54) is 0 Å². The number of carbonyl (C=O) groups is 2. The average Bonchev–Trinajstić information content (AvgIpc) is 2.41. The first-order valence-corrected chi connectivity index (χ1v) is 6.46. The van der Waals surface area contributed by atoms with Crippen LogP contribution >= 0.6 is 0 Å². The Morgan fingerprint density at radius 2 is 2.00 bits per heavy atom. The SMILES string of the molecule is CC1CN(C(=O)C(C)c2ccccc2)CCC1=O. The van der Waals surface area contributed by atoms with Crippen molar-refractivity contribution in [2.24, 2.45) is 5.92 Å². The topological polar surface area (TPSA) is 37.4 Å². The second-order valence-electron chi connectivity index (χ2n) is 5.03. The van der Waals surface area contributed by atoms with Crippen molar-refractivity contribution in [3.8, 4) is 0 Å². The van der Waals surface area contributed by atoms with Gasteiger partial charge >= 0.3 is 0 Å². The van der Waals surface area contributed by atoms with Crippen molar-refractivity contribution in [3.05, 3.63) is 35.9 Å². The van der Waals surface area contributed by atoms with Crippen LogP contribution in [0.15, 0.2) is 30.3 Å². The van der Waals surface area contributed by atoms with Gasteiger partial charge in [0.05, 0.1) is 5.92 Å². The molecule has 18 heavy (non-hydrogen) atoms. The largest absolute Gasteiger partial charge is 0.341 e. The van der Waals surface area contributed by atoms with E-state index >= 15 is 0 Å². The highest BCUT2D eigenvalue weighted by Gasteiger charge is 2.29. The zero-order valence-corrected chi connectivity index (χ0v) is 10.9. The highest BCUT2D eigenvalue weighted by atomic mass is 16.2. The molecule has 3 nitrogen and oxygen atoms in total. The van der Waals surface area contributed by atoms with Crippen LogP contribution in [0.1, 0.15) is 31.7 Å². The molecule has 0 N–H and O–H groups in total. The number of hydrogen-bond acceptors (Lipinski definition) is 2. The van der Waals surface area contributed by atoms with E-state index in [0.29, 0.717) is 19.5 Å². The summed E-state index contributed by atoms with van der Waals surface area (Å²) in [7, 11) is 0. The van der Waals surface area contributed by atoms with E-state index in [0.717, 1.165) is 5.56 Å². The maximum atomic E-state index is 12.4. The van der Waals surface area contributed by atoms with Crippen molar-refractivity contribution in [1.82, 2.24) is 4.90 Å². The van der Waals surface area contributed by atoms with E-state index in [-0.39, 0.29) is 23.5 Å². The van der Waals surface area contributed by atoms with Gasteiger partial charge in [-0.25, -0.2) is 0 Å². The lowest BCUT2D eigenvalue weighted by atomic mass is 9.95. The van der Waals surface area contributed by atoms with E-state index in [2.05, 4.69) is 0 Å². The van der Waals surface area contributed by atoms with E-state index < -0.39 is 0 Å². The fourth-order valence-corrected chi connectivity index (χ4v) is 2.37. The molecule has 3 heteroatoms. The van der Waals surface area contributed by atoms with Crippen LogP contribution in [-0.2, 0) is 9.59 Å². The molecule has 1 aliphatic heterocycles. The number of rotatable bonds is 2. The Labute approximate surface area is 108 Å². The second-order valence-corrected chi connectivity index (χ2v) is 5.03. The summed E-state index contributed by atoms with van der Waals surface area (Å²) in [5.74, 6) is 0.240. The fourth-order valence-electron chi connectivity index (χ4n) is 2.37. The van der Waals surface area contributed by atoms with Gasteiger partial charge < -0.3 is 4.90 Å². The van der Waals surface area contributed by atoms with Gasteiger partial charge in [0.1, 0.15) is 5.78 Å². The molecule has 2 unspecified atom stereocenters. The van der Waals surface area contributed by atoms with Crippen LogP contribution in [0, 0.1) is 5.92 Å². The minimum absolute atomic E-state index is 0.0225. The number of benzene rings is 1. The van der Waals surface area contributed by atoms with Crippen molar-refractivity contribution < 1.29 is 9.59 Å². The number of likely N-dealkylation sites (tertiary alicyclic amines) is 1. The predicted molar refractivity (Wildman–Crippen MR) is 70.2 cm³/mol. The Morgan fingerprint density at radius 1 is 1.33 bits per heavy atom. The van der Waals surface area contributed by atoms with E-state index in [9.17, 15) is 9.59 Å². The molecule has 2 atom stereocenters. The van der Waals surface area contributed by atoms with Crippen molar-refractivity contribution in [2.75, 3.05) is 13.1 Å². The quantitative estimate of drug-likeness (QED) is 0.801. The first kappa shape index (κ1) is 12.8. The third-order valence-electron chi connectivity index (χ3n) is 3.65. The summed E-state index contributed by atoms with van der Waals surface area (Å²) in [6.45, 7) is 4.96. The van der Waals surface area contributed by atoms with Gasteiger partial charge in [0.15, 0.2) is 0 Å². The highest BCUT2D eigenvalue weighted by Crippen LogP contribution is 2.21. The molecule has 1 aliphatic rings. The molecule has 1 heterocycles. The van der Waals surface area contributed by atoms with Gasteiger partial charge in [-0.05, 0) is 12.5 Å². The number of ketones is 1. The predicted octanol–water partition coefficient (Wildman–Crippen LogP) is 2.23. The lowest BCUT2D eigenvalue weighted by Crippen LogP contribution is -2.44. The van der Waals surface area contributed by atoms with Gasteiger partial charge in [-0.1, -0.05) is 37.3 Å². The first-order chi connectivity index (χ1) is 8.59. The third-order valence-corrected chi connectivity index (χ3v) is 3.65. The number of carbonyl (C=O) groups excluding carboxylic acids is 2. The standard InChI is InChI=1S/C15H19NO2/c1-11-10-16(9-8-14(11)17)15(18)12(2)13-6-4-3-5-7-13/h3-7,11-12H,8-10H2,1-2H3. The lowest BCUT2D eigenvalue weighted by Gasteiger charge is -2.32. The Kier molecular flexibility index (Phi) is 3.80. The second kappa shape index (κ2) is 5.34.